The summed E-state index contributed by atoms with van der Waals surface area (Å²) in [5.74, 6) is 0.534. The lowest BCUT2D eigenvalue weighted by atomic mass is 9.97. The number of benzene rings is 2. The zero-order valence-corrected chi connectivity index (χ0v) is 20.8. The monoisotopic (exact) mass is 532 g/mol. The number of nitrogens with one attached hydrogen (secondary N) is 1. The van der Waals surface area contributed by atoms with Gasteiger partial charge in [0.2, 0.25) is 27.6 Å². The van der Waals surface area contributed by atoms with Crippen LogP contribution >= 0.6 is 15.9 Å². The van der Waals surface area contributed by atoms with E-state index in [4.69, 9.17) is 4.52 Å². The van der Waals surface area contributed by atoms with Crippen molar-refractivity contribution in [2.75, 3.05) is 18.4 Å². The number of carbonyl (C=O) groups excluding carboxylic acids is 1. The Hall–Kier alpha value is -2.56. The average molecular weight is 533 g/mol. The Bertz CT molecular complexity index is 1270. The third-order valence-corrected chi connectivity index (χ3v) is 8.29. The van der Waals surface area contributed by atoms with Crippen LogP contribution in [0.4, 0.5) is 5.69 Å². The third kappa shape index (κ3) is 5.18. The first-order valence-electron chi connectivity index (χ1n) is 10.8. The molecule has 2 heterocycles. The predicted octanol–water partition coefficient (Wildman–Crippen LogP) is 4.41. The Morgan fingerprint density at radius 2 is 1.97 bits per heavy atom. The molecule has 1 aromatic heterocycles. The lowest BCUT2D eigenvalue weighted by molar-refractivity contribution is -0.120. The highest BCUT2D eigenvalue weighted by molar-refractivity contribution is 9.10. The second-order valence-electron chi connectivity index (χ2n) is 8.02. The van der Waals surface area contributed by atoms with Gasteiger partial charge in [0.1, 0.15) is 0 Å². The quantitative estimate of drug-likeness (QED) is 0.504. The van der Waals surface area contributed by atoms with Crippen molar-refractivity contribution in [1.82, 2.24) is 14.4 Å². The van der Waals surface area contributed by atoms with Gasteiger partial charge in [0.05, 0.1) is 4.90 Å². The first-order chi connectivity index (χ1) is 15.8. The van der Waals surface area contributed by atoms with E-state index in [-0.39, 0.29) is 29.8 Å². The van der Waals surface area contributed by atoms with Crippen LogP contribution in [0.2, 0.25) is 0 Å². The Labute approximate surface area is 201 Å². The summed E-state index contributed by atoms with van der Waals surface area (Å²) >= 11 is 3.39. The van der Waals surface area contributed by atoms with Crippen molar-refractivity contribution in [1.29, 1.82) is 0 Å². The SMILES string of the molecule is CCc1nc(-c2ccc(C)c(S(=O)(=O)N3CCC(C(=O)Nc4cccc(Br)c4)CC3)c2)no1. The van der Waals surface area contributed by atoms with Crippen LogP contribution in [0.1, 0.15) is 31.2 Å². The predicted molar refractivity (Wildman–Crippen MR) is 128 cm³/mol. The van der Waals surface area contributed by atoms with Gasteiger partial charge < -0.3 is 9.84 Å². The summed E-state index contributed by atoms with van der Waals surface area (Å²) in [6.45, 7) is 4.24. The molecular weight excluding hydrogens is 508 g/mol. The summed E-state index contributed by atoms with van der Waals surface area (Å²) in [5, 5.41) is 6.87. The summed E-state index contributed by atoms with van der Waals surface area (Å²) in [6, 6.07) is 12.5. The van der Waals surface area contributed by atoms with Gasteiger partial charge in [0.25, 0.3) is 0 Å². The van der Waals surface area contributed by atoms with Gasteiger partial charge >= 0.3 is 0 Å². The van der Waals surface area contributed by atoms with Crippen molar-refractivity contribution >= 4 is 37.5 Å². The van der Waals surface area contributed by atoms with E-state index in [0.717, 1.165) is 4.47 Å². The van der Waals surface area contributed by atoms with Gasteiger partial charge in [-0.05, 0) is 49.6 Å². The largest absolute Gasteiger partial charge is 0.339 e. The number of amides is 1. The minimum atomic E-state index is -3.73. The van der Waals surface area contributed by atoms with Crippen LogP contribution in [0.25, 0.3) is 11.4 Å². The maximum atomic E-state index is 13.4. The highest BCUT2D eigenvalue weighted by atomic mass is 79.9. The molecule has 33 heavy (non-hydrogen) atoms. The van der Waals surface area contributed by atoms with Crippen LogP contribution in [0.3, 0.4) is 0 Å². The highest BCUT2D eigenvalue weighted by Crippen LogP contribution is 2.29. The number of hydrogen-bond acceptors (Lipinski definition) is 6. The molecule has 0 radical (unpaired) electrons. The van der Waals surface area contributed by atoms with Gasteiger partial charge in [0.15, 0.2) is 0 Å². The normalized spacial score (nSPS) is 15.5. The molecule has 10 heteroatoms. The fraction of sp³-hybridized carbons (Fsp3) is 0.348. The first kappa shape index (κ1) is 23.6. The van der Waals surface area contributed by atoms with Gasteiger partial charge in [-0.2, -0.15) is 9.29 Å². The summed E-state index contributed by atoms with van der Waals surface area (Å²) in [6.07, 6.45) is 1.53. The maximum Gasteiger partial charge on any atom is 0.243 e. The lowest BCUT2D eigenvalue weighted by Gasteiger charge is -2.31. The fourth-order valence-corrected chi connectivity index (χ4v) is 5.96. The van der Waals surface area contributed by atoms with Gasteiger partial charge in [-0.3, -0.25) is 4.79 Å². The Balaban J connectivity index is 1.46. The smallest absolute Gasteiger partial charge is 0.243 e. The third-order valence-electron chi connectivity index (χ3n) is 5.75. The lowest BCUT2D eigenvalue weighted by Crippen LogP contribution is -2.41. The molecule has 1 N–H and O–H groups in total. The van der Waals surface area contributed by atoms with E-state index in [9.17, 15) is 13.2 Å². The molecule has 1 saturated heterocycles. The Kier molecular flexibility index (Phi) is 6.96. The number of nitrogens with zero attached hydrogens (tertiary/aromatic N) is 3. The van der Waals surface area contributed by atoms with Crippen LogP contribution in [-0.4, -0.2) is 41.9 Å². The van der Waals surface area contributed by atoms with Crippen molar-refractivity contribution < 1.29 is 17.7 Å². The molecule has 2 aromatic carbocycles. The molecule has 174 valence electrons. The molecule has 4 rings (SSSR count). The molecule has 0 atom stereocenters. The summed E-state index contributed by atoms with van der Waals surface area (Å²) in [7, 11) is -3.73. The van der Waals surface area contributed by atoms with Gasteiger partial charge in [-0.25, -0.2) is 8.42 Å². The number of halogens is 1. The summed E-state index contributed by atoms with van der Waals surface area (Å²) in [4.78, 5) is 17.2. The van der Waals surface area contributed by atoms with E-state index in [0.29, 0.717) is 47.8 Å². The van der Waals surface area contributed by atoms with Crippen molar-refractivity contribution in [2.24, 2.45) is 5.92 Å². The summed E-state index contributed by atoms with van der Waals surface area (Å²) < 4.78 is 34.3. The number of carbonyl (C=O) groups is 1. The average Bonchev–Trinajstić information content (AvgIpc) is 3.29. The molecular formula is C23H25BrN4O4S. The minimum absolute atomic E-state index is 0.0906. The molecule has 0 saturated carbocycles. The molecule has 1 aliphatic rings. The molecule has 8 nitrogen and oxygen atoms in total. The molecule has 0 bridgehead atoms. The number of aryl methyl sites for hydroxylation is 2. The molecule has 1 amide bonds. The molecule has 1 aliphatic heterocycles. The van der Waals surface area contributed by atoms with Gasteiger partial charge in [-0.15, -0.1) is 0 Å². The molecule has 0 aliphatic carbocycles. The van der Waals surface area contributed by atoms with E-state index in [1.807, 2.05) is 31.2 Å². The van der Waals surface area contributed by atoms with E-state index in [2.05, 4.69) is 31.4 Å². The van der Waals surface area contributed by atoms with Crippen LogP contribution in [-0.2, 0) is 21.2 Å². The number of aromatic nitrogens is 2. The molecule has 0 spiro atoms. The zero-order valence-electron chi connectivity index (χ0n) is 18.4. The Morgan fingerprint density at radius 1 is 1.21 bits per heavy atom. The zero-order chi connectivity index (χ0) is 23.6. The van der Waals surface area contributed by atoms with E-state index in [1.54, 1.807) is 25.1 Å². The maximum absolute atomic E-state index is 13.4. The molecule has 0 unspecified atom stereocenters. The second kappa shape index (κ2) is 9.74. The number of piperidine rings is 1. The second-order valence-corrected chi connectivity index (χ2v) is 10.8. The standard InChI is InChI=1S/C23H25BrN4O4S/c1-3-21-26-22(27-32-21)17-8-7-15(2)20(13-17)33(30,31)28-11-9-16(10-12-28)23(29)25-19-6-4-5-18(24)14-19/h4-8,13-14,16H,3,9-12H2,1-2H3,(H,25,29). The van der Waals surface area contributed by atoms with Crippen LogP contribution in [0.15, 0.2) is 56.4 Å². The molecule has 1 fully saturated rings. The van der Waals surface area contributed by atoms with Crippen molar-refractivity contribution in [3.05, 3.63) is 58.4 Å². The minimum Gasteiger partial charge on any atom is -0.339 e. The fourth-order valence-electron chi connectivity index (χ4n) is 3.84. The first-order valence-corrected chi connectivity index (χ1v) is 13.0. The molecule has 3 aromatic rings. The highest BCUT2D eigenvalue weighted by Gasteiger charge is 2.33. The van der Waals surface area contributed by atoms with Crippen LogP contribution in [0, 0.1) is 12.8 Å². The topological polar surface area (TPSA) is 105 Å². The number of sulfonamides is 1. The van der Waals surface area contributed by atoms with Crippen LogP contribution < -0.4 is 5.32 Å². The van der Waals surface area contributed by atoms with E-state index >= 15 is 0 Å². The van der Waals surface area contributed by atoms with Crippen molar-refractivity contribution in [3.8, 4) is 11.4 Å². The van der Waals surface area contributed by atoms with E-state index < -0.39 is 10.0 Å². The number of rotatable bonds is 6. The number of hydrogen-bond donors (Lipinski definition) is 1. The van der Waals surface area contributed by atoms with Gasteiger partial charge in [0, 0.05) is 41.2 Å². The van der Waals surface area contributed by atoms with Crippen molar-refractivity contribution in [3.63, 3.8) is 0 Å². The van der Waals surface area contributed by atoms with Crippen LogP contribution in [0.5, 0.6) is 0 Å². The van der Waals surface area contributed by atoms with Gasteiger partial charge in [-0.1, -0.05) is 46.2 Å². The Morgan fingerprint density at radius 3 is 2.64 bits per heavy atom. The van der Waals surface area contributed by atoms with Crippen molar-refractivity contribution in [2.45, 2.75) is 38.0 Å². The summed E-state index contributed by atoms with van der Waals surface area (Å²) in [5.41, 5.74) is 1.95. The number of anilines is 1. The van der Waals surface area contributed by atoms with E-state index in [1.165, 1.54) is 4.31 Å².